The molecule has 3 heterocycles. The highest BCUT2D eigenvalue weighted by Gasteiger charge is 2.26. The van der Waals surface area contributed by atoms with Gasteiger partial charge in [0.05, 0.1) is 11.3 Å². The molecule has 142 valence electrons. The number of phenols is 1. The normalized spacial score (nSPS) is 13.6. The lowest BCUT2D eigenvalue weighted by Gasteiger charge is -2.13. The van der Waals surface area contributed by atoms with Crippen molar-refractivity contribution in [2.75, 3.05) is 0 Å². The summed E-state index contributed by atoms with van der Waals surface area (Å²) in [5, 5.41) is 20.8. The summed E-state index contributed by atoms with van der Waals surface area (Å²) in [4.78, 5) is 16.8. The minimum absolute atomic E-state index is 0.206. The number of hydrogen-bond acceptors (Lipinski definition) is 5. The lowest BCUT2D eigenvalue weighted by atomic mass is 9.92. The highest BCUT2D eigenvalue weighted by Crippen LogP contribution is 2.39. The fraction of sp³-hybridized carbons (Fsp3) is 0.217. The van der Waals surface area contributed by atoms with Crippen molar-refractivity contribution >= 4 is 11.0 Å². The molecule has 2 N–H and O–H groups in total. The van der Waals surface area contributed by atoms with Crippen LogP contribution < -0.4 is 0 Å². The Morgan fingerprint density at radius 1 is 1.10 bits per heavy atom. The summed E-state index contributed by atoms with van der Waals surface area (Å²) in [6, 6.07) is 7.78. The number of nitrogens with one attached hydrogen (secondary N) is 1. The maximum Gasteiger partial charge on any atom is 0.139 e. The lowest BCUT2D eigenvalue weighted by Crippen LogP contribution is -1.94. The Morgan fingerprint density at radius 2 is 1.86 bits per heavy atom. The lowest BCUT2D eigenvalue weighted by molar-refractivity contribution is 0.471. The van der Waals surface area contributed by atoms with E-state index in [-0.39, 0.29) is 5.75 Å². The third kappa shape index (κ3) is 2.83. The van der Waals surface area contributed by atoms with Gasteiger partial charge in [-0.15, -0.1) is 0 Å². The van der Waals surface area contributed by atoms with Gasteiger partial charge in [0.25, 0.3) is 0 Å². The molecule has 29 heavy (non-hydrogen) atoms. The number of hydrogen-bond donors (Lipinski definition) is 2. The summed E-state index contributed by atoms with van der Waals surface area (Å²) in [5.41, 5.74) is 6.15. The molecule has 0 bridgehead atoms. The summed E-state index contributed by atoms with van der Waals surface area (Å²) in [6.45, 7) is 3.82. The predicted octanol–water partition coefficient (Wildman–Crippen LogP) is 4.76. The summed E-state index contributed by atoms with van der Waals surface area (Å²) in [7, 11) is 0. The molecule has 1 aliphatic rings. The van der Waals surface area contributed by atoms with E-state index >= 15 is 0 Å². The van der Waals surface area contributed by atoms with E-state index in [4.69, 9.17) is 0 Å². The SMILES string of the molecule is Cc1ccc(O)c(C)c1-c1cnc2[nH]c(-c3cnc(C4CC4)nc3)cc2c1C#N. The fourth-order valence-electron chi connectivity index (χ4n) is 3.82. The van der Waals surface area contributed by atoms with Crippen molar-refractivity contribution in [3.8, 4) is 34.2 Å². The maximum atomic E-state index is 10.2. The van der Waals surface area contributed by atoms with Gasteiger partial charge in [0, 0.05) is 41.0 Å². The number of benzene rings is 1. The number of rotatable bonds is 3. The molecule has 1 saturated carbocycles. The van der Waals surface area contributed by atoms with Gasteiger partial charge >= 0.3 is 0 Å². The molecule has 0 amide bonds. The van der Waals surface area contributed by atoms with Crippen molar-refractivity contribution in [3.63, 3.8) is 0 Å². The Hall–Kier alpha value is -3.72. The topological polar surface area (TPSA) is 98.5 Å². The molecule has 6 nitrogen and oxygen atoms in total. The minimum Gasteiger partial charge on any atom is -0.508 e. The summed E-state index contributed by atoms with van der Waals surface area (Å²) < 4.78 is 0. The monoisotopic (exact) mass is 381 g/mol. The molecule has 1 aromatic carbocycles. The van der Waals surface area contributed by atoms with Gasteiger partial charge in [-0.3, -0.25) is 0 Å². The molecule has 0 saturated heterocycles. The van der Waals surface area contributed by atoms with E-state index in [0.29, 0.717) is 17.1 Å². The molecule has 0 unspecified atom stereocenters. The number of aryl methyl sites for hydroxylation is 1. The number of fused-ring (bicyclic) bond motifs is 1. The summed E-state index contributed by atoms with van der Waals surface area (Å²) in [5.74, 6) is 1.62. The maximum absolute atomic E-state index is 10.2. The third-order valence-electron chi connectivity index (χ3n) is 5.61. The van der Waals surface area contributed by atoms with Crippen LogP contribution in [-0.2, 0) is 0 Å². The van der Waals surface area contributed by atoms with Crippen molar-refractivity contribution in [2.24, 2.45) is 0 Å². The molecule has 0 aliphatic heterocycles. The van der Waals surface area contributed by atoms with E-state index < -0.39 is 0 Å². The number of H-pyrrole nitrogens is 1. The number of aromatic hydroxyl groups is 1. The van der Waals surface area contributed by atoms with E-state index in [1.54, 1.807) is 12.3 Å². The zero-order valence-electron chi connectivity index (χ0n) is 16.2. The second-order valence-corrected chi connectivity index (χ2v) is 7.61. The molecule has 0 atom stereocenters. The zero-order chi connectivity index (χ0) is 20.1. The zero-order valence-corrected chi connectivity index (χ0v) is 16.2. The molecular weight excluding hydrogens is 362 g/mol. The number of aromatic nitrogens is 4. The molecule has 1 aliphatic carbocycles. The average molecular weight is 381 g/mol. The van der Waals surface area contributed by atoms with Gasteiger partial charge in [0.2, 0.25) is 0 Å². The Morgan fingerprint density at radius 3 is 2.55 bits per heavy atom. The Labute approximate surface area is 167 Å². The van der Waals surface area contributed by atoms with Crippen molar-refractivity contribution < 1.29 is 5.11 Å². The summed E-state index contributed by atoms with van der Waals surface area (Å²) >= 11 is 0. The van der Waals surface area contributed by atoms with Gasteiger partial charge < -0.3 is 10.1 Å². The molecule has 1 fully saturated rings. The first-order valence-electron chi connectivity index (χ1n) is 9.60. The highest BCUT2D eigenvalue weighted by molar-refractivity contribution is 5.94. The van der Waals surface area contributed by atoms with Gasteiger partial charge in [-0.25, -0.2) is 15.0 Å². The van der Waals surface area contributed by atoms with Crippen LogP contribution >= 0.6 is 0 Å². The number of nitrogens with zero attached hydrogens (tertiary/aromatic N) is 4. The van der Waals surface area contributed by atoms with Crippen LogP contribution in [0, 0.1) is 25.2 Å². The van der Waals surface area contributed by atoms with Gasteiger partial charge in [-0.1, -0.05) is 6.07 Å². The van der Waals surface area contributed by atoms with Crippen molar-refractivity contribution in [1.82, 2.24) is 19.9 Å². The van der Waals surface area contributed by atoms with Crippen LogP contribution in [-0.4, -0.2) is 25.0 Å². The van der Waals surface area contributed by atoms with E-state index in [1.165, 1.54) is 0 Å². The largest absolute Gasteiger partial charge is 0.508 e. The van der Waals surface area contributed by atoms with Crippen LogP contribution in [0.25, 0.3) is 33.4 Å². The van der Waals surface area contributed by atoms with Gasteiger partial charge in [-0.2, -0.15) is 5.26 Å². The van der Waals surface area contributed by atoms with Crippen LogP contribution in [0.2, 0.25) is 0 Å². The molecule has 4 aromatic rings. The second-order valence-electron chi connectivity index (χ2n) is 7.61. The van der Waals surface area contributed by atoms with Gasteiger partial charge in [0.15, 0.2) is 0 Å². The number of nitriles is 1. The molecule has 0 spiro atoms. The number of pyridine rings is 1. The molecular formula is C23H19N5O. The van der Waals surface area contributed by atoms with Crippen LogP contribution in [0.3, 0.4) is 0 Å². The molecule has 5 rings (SSSR count). The van der Waals surface area contributed by atoms with Crippen molar-refractivity contribution in [3.05, 3.63) is 59.3 Å². The van der Waals surface area contributed by atoms with E-state index in [0.717, 1.165) is 57.6 Å². The Balaban J connectivity index is 1.66. The van der Waals surface area contributed by atoms with Gasteiger partial charge in [-0.05, 0) is 55.5 Å². The number of aromatic amines is 1. The fourth-order valence-corrected chi connectivity index (χ4v) is 3.82. The van der Waals surface area contributed by atoms with Crippen LogP contribution in [0.1, 0.15) is 41.3 Å². The van der Waals surface area contributed by atoms with Crippen LogP contribution in [0.5, 0.6) is 5.75 Å². The quantitative estimate of drug-likeness (QED) is 0.533. The molecule has 0 radical (unpaired) electrons. The first kappa shape index (κ1) is 17.4. The molecule has 3 aromatic heterocycles. The van der Waals surface area contributed by atoms with Crippen molar-refractivity contribution in [2.45, 2.75) is 32.6 Å². The Kier molecular flexibility index (Phi) is 3.85. The van der Waals surface area contributed by atoms with E-state index in [2.05, 4.69) is 26.0 Å². The van der Waals surface area contributed by atoms with Gasteiger partial charge in [0.1, 0.15) is 23.3 Å². The third-order valence-corrected chi connectivity index (χ3v) is 5.61. The highest BCUT2D eigenvalue weighted by atomic mass is 16.3. The summed E-state index contributed by atoms with van der Waals surface area (Å²) in [6.07, 6.45) is 7.67. The predicted molar refractivity (Wildman–Crippen MR) is 110 cm³/mol. The first-order valence-corrected chi connectivity index (χ1v) is 9.60. The average Bonchev–Trinajstić information content (AvgIpc) is 3.49. The smallest absolute Gasteiger partial charge is 0.139 e. The van der Waals surface area contributed by atoms with Crippen molar-refractivity contribution in [1.29, 1.82) is 5.26 Å². The Bertz CT molecular complexity index is 1290. The van der Waals surface area contributed by atoms with Crippen LogP contribution in [0.4, 0.5) is 0 Å². The van der Waals surface area contributed by atoms with Crippen LogP contribution in [0.15, 0.2) is 36.8 Å². The first-order chi connectivity index (χ1) is 14.1. The molecule has 6 heteroatoms. The minimum atomic E-state index is 0.206. The van der Waals surface area contributed by atoms with E-state index in [1.807, 2.05) is 38.4 Å². The number of phenolic OH excluding ortho intramolecular Hbond substituents is 1. The standard InChI is InChI=1S/C23H19N5O/c1-12-3-6-20(29)13(2)21(12)18-11-27-23-16(17(18)8-24)7-19(28-23)15-9-25-22(26-10-15)14-4-5-14/h3,6-7,9-11,14,29H,4-5H2,1-2H3,(H,27,28). The second kappa shape index (κ2) is 6.42. The van der Waals surface area contributed by atoms with E-state index in [9.17, 15) is 10.4 Å².